The molecule has 1 aromatic heterocycles. The quantitative estimate of drug-likeness (QED) is 0.740. The number of β-amino-alcohol motifs (C(OH)–C–C–N with tert-alkyl or cyclic N) is 1. The normalized spacial score (nSPS) is 18.9. The van der Waals surface area contributed by atoms with E-state index < -0.39 is 27.8 Å². The molecular formula is C19H20F2N2O3S. The zero-order valence-corrected chi connectivity index (χ0v) is 15.4. The first kappa shape index (κ1) is 18.3. The highest BCUT2D eigenvalue weighted by atomic mass is 32.2. The zero-order chi connectivity index (χ0) is 19.2. The van der Waals surface area contributed by atoms with Gasteiger partial charge in [-0.1, -0.05) is 0 Å². The van der Waals surface area contributed by atoms with Gasteiger partial charge in [-0.15, -0.1) is 0 Å². The van der Waals surface area contributed by atoms with Gasteiger partial charge in [-0.25, -0.2) is 17.2 Å². The maximum Gasteiger partial charge on any atom is 0.214 e. The molecule has 8 heteroatoms. The molecule has 0 spiro atoms. The van der Waals surface area contributed by atoms with Gasteiger partial charge in [0.2, 0.25) is 10.0 Å². The molecule has 1 fully saturated rings. The molecule has 1 atom stereocenters. The molecule has 0 amide bonds. The van der Waals surface area contributed by atoms with Crippen LogP contribution >= 0.6 is 0 Å². The first-order valence-electron chi connectivity index (χ1n) is 8.88. The van der Waals surface area contributed by atoms with Crippen molar-refractivity contribution in [2.75, 3.05) is 18.8 Å². The highest BCUT2D eigenvalue weighted by molar-refractivity contribution is 7.89. The summed E-state index contributed by atoms with van der Waals surface area (Å²) in [5.41, 5.74) is 1.08. The molecule has 2 aromatic carbocycles. The number of rotatable bonds is 4. The van der Waals surface area contributed by atoms with Crippen LogP contribution in [0.3, 0.4) is 0 Å². The molecule has 1 saturated heterocycles. The van der Waals surface area contributed by atoms with Crippen molar-refractivity contribution in [2.45, 2.75) is 25.5 Å². The van der Waals surface area contributed by atoms with Crippen molar-refractivity contribution < 1.29 is 22.3 Å². The molecule has 2 heterocycles. The van der Waals surface area contributed by atoms with E-state index in [0.29, 0.717) is 24.0 Å². The van der Waals surface area contributed by atoms with Crippen molar-refractivity contribution in [3.05, 3.63) is 48.0 Å². The lowest BCUT2D eigenvalue weighted by Gasteiger charge is -2.28. The van der Waals surface area contributed by atoms with E-state index >= 15 is 0 Å². The molecule has 27 heavy (non-hydrogen) atoms. The van der Waals surface area contributed by atoms with E-state index in [-0.39, 0.29) is 18.8 Å². The fourth-order valence-corrected chi connectivity index (χ4v) is 5.42. The standard InChI is InChI=1S/C19H20F2N2O3S/c20-13-3-5-16-17-6-4-14(21)10-19(17)23(18(16)9-13)12-15(24)11-22-7-1-2-8-27(22,25)26/h3-6,9-10,15,24H,1-2,7-8,11-12H2. The maximum absolute atomic E-state index is 13.8. The minimum Gasteiger partial charge on any atom is -0.390 e. The number of nitrogens with zero attached hydrogens (tertiary/aromatic N) is 2. The molecule has 0 saturated carbocycles. The summed E-state index contributed by atoms with van der Waals surface area (Å²) in [4.78, 5) is 0. The Kier molecular flexibility index (Phi) is 4.65. The molecule has 1 N–H and O–H groups in total. The molecule has 1 aliphatic rings. The average Bonchev–Trinajstić information content (AvgIpc) is 2.89. The van der Waals surface area contributed by atoms with Crippen molar-refractivity contribution >= 4 is 31.8 Å². The number of aliphatic hydroxyl groups is 1. The largest absolute Gasteiger partial charge is 0.390 e. The monoisotopic (exact) mass is 394 g/mol. The van der Waals surface area contributed by atoms with E-state index in [1.54, 1.807) is 16.7 Å². The lowest BCUT2D eigenvalue weighted by molar-refractivity contribution is 0.128. The van der Waals surface area contributed by atoms with Gasteiger partial charge in [0.15, 0.2) is 0 Å². The second kappa shape index (κ2) is 6.85. The Balaban J connectivity index is 1.71. The highest BCUT2D eigenvalue weighted by Gasteiger charge is 2.28. The number of halogens is 2. The van der Waals surface area contributed by atoms with Gasteiger partial charge in [0.25, 0.3) is 0 Å². The van der Waals surface area contributed by atoms with Gasteiger partial charge < -0.3 is 9.67 Å². The van der Waals surface area contributed by atoms with Gasteiger partial charge in [-0.3, -0.25) is 0 Å². The Morgan fingerprint density at radius 2 is 1.56 bits per heavy atom. The molecule has 1 unspecified atom stereocenters. The Labute approximate surface area is 155 Å². The Hall–Kier alpha value is -2.03. The van der Waals surface area contributed by atoms with Gasteiger partial charge in [-0.2, -0.15) is 4.31 Å². The van der Waals surface area contributed by atoms with Crippen LogP contribution in [-0.2, 0) is 16.6 Å². The minimum atomic E-state index is -3.35. The Bertz CT molecular complexity index is 1050. The molecule has 3 aromatic rings. The first-order valence-corrected chi connectivity index (χ1v) is 10.5. The summed E-state index contributed by atoms with van der Waals surface area (Å²) in [6.45, 7) is 0.392. The van der Waals surface area contributed by atoms with Crippen molar-refractivity contribution in [1.82, 2.24) is 8.87 Å². The van der Waals surface area contributed by atoms with E-state index in [4.69, 9.17) is 0 Å². The molecule has 4 rings (SSSR count). The molecule has 144 valence electrons. The van der Waals surface area contributed by atoms with Crippen molar-refractivity contribution in [2.24, 2.45) is 0 Å². The van der Waals surface area contributed by atoms with Crippen LogP contribution in [0.4, 0.5) is 8.78 Å². The molecule has 1 aliphatic heterocycles. The summed E-state index contributed by atoms with van der Waals surface area (Å²) in [5, 5.41) is 12.1. The first-order chi connectivity index (χ1) is 12.8. The second-order valence-corrected chi connectivity index (χ2v) is 9.06. The number of fused-ring (bicyclic) bond motifs is 3. The summed E-state index contributed by atoms with van der Waals surface area (Å²) in [6.07, 6.45) is 0.390. The number of hydrogen-bond acceptors (Lipinski definition) is 3. The molecular weight excluding hydrogens is 374 g/mol. The van der Waals surface area contributed by atoms with Crippen molar-refractivity contribution in [1.29, 1.82) is 0 Å². The molecule has 0 radical (unpaired) electrons. The number of benzene rings is 2. The van der Waals surface area contributed by atoms with Crippen LogP contribution in [0.15, 0.2) is 36.4 Å². The third kappa shape index (κ3) is 3.44. The van der Waals surface area contributed by atoms with Gasteiger partial charge in [0, 0.05) is 23.9 Å². The predicted molar refractivity (Wildman–Crippen MR) is 100.0 cm³/mol. The van der Waals surface area contributed by atoms with E-state index in [2.05, 4.69) is 0 Å². The summed E-state index contributed by atoms with van der Waals surface area (Å²) in [7, 11) is -3.35. The lowest BCUT2D eigenvalue weighted by atomic mass is 10.1. The fourth-order valence-electron chi connectivity index (χ4n) is 3.79. The smallest absolute Gasteiger partial charge is 0.214 e. The lowest BCUT2D eigenvalue weighted by Crippen LogP contribution is -2.43. The van der Waals surface area contributed by atoms with Crippen LogP contribution in [0.25, 0.3) is 21.8 Å². The van der Waals surface area contributed by atoms with Crippen LogP contribution < -0.4 is 0 Å². The number of aromatic nitrogens is 1. The number of aliphatic hydroxyl groups excluding tert-OH is 1. The summed E-state index contributed by atoms with van der Waals surface area (Å²) >= 11 is 0. The van der Waals surface area contributed by atoms with Crippen LogP contribution in [0.2, 0.25) is 0 Å². The van der Waals surface area contributed by atoms with E-state index in [1.165, 1.54) is 28.6 Å². The maximum atomic E-state index is 13.8. The third-order valence-electron chi connectivity index (χ3n) is 5.05. The highest BCUT2D eigenvalue weighted by Crippen LogP contribution is 2.30. The van der Waals surface area contributed by atoms with Crippen molar-refractivity contribution in [3.63, 3.8) is 0 Å². The van der Waals surface area contributed by atoms with Gasteiger partial charge in [0.05, 0.1) is 29.4 Å². The zero-order valence-electron chi connectivity index (χ0n) is 14.6. The topological polar surface area (TPSA) is 62.5 Å². The minimum absolute atomic E-state index is 0.0336. The van der Waals surface area contributed by atoms with Gasteiger partial charge in [-0.05, 0) is 49.2 Å². The summed E-state index contributed by atoms with van der Waals surface area (Å²) < 4.78 is 54.8. The third-order valence-corrected chi connectivity index (χ3v) is 6.98. The van der Waals surface area contributed by atoms with Crippen LogP contribution in [-0.4, -0.2) is 47.3 Å². The van der Waals surface area contributed by atoms with Gasteiger partial charge in [0.1, 0.15) is 11.6 Å². The van der Waals surface area contributed by atoms with Crippen LogP contribution in [0, 0.1) is 11.6 Å². The van der Waals surface area contributed by atoms with E-state index in [1.807, 2.05) is 0 Å². The van der Waals surface area contributed by atoms with E-state index in [9.17, 15) is 22.3 Å². The van der Waals surface area contributed by atoms with E-state index in [0.717, 1.165) is 17.2 Å². The number of sulfonamides is 1. The molecule has 5 nitrogen and oxygen atoms in total. The predicted octanol–water partition coefficient (Wildman–Crippen LogP) is 2.86. The Morgan fingerprint density at radius 1 is 0.963 bits per heavy atom. The molecule has 0 aliphatic carbocycles. The average molecular weight is 394 g/mol. The number of hydrogen-bond donors (Lipinski definition) is 1. The Morgan fingerprint density at radius 3 is 2.11 bits per heavy atom. The van der Waals surface area contributed by atoms with Crippen molar-refractivity contribution in [3.8, 4) is 0 Å². The molecule has 0 bridgehead atoms. The fraction of sp³-hybridized carbons (Fsp3) is 0.368. The van der Waals surface area contributed by atoms with Gasteiger partial charge >= 0.3 is 0 Å². The second-order valence-electron chi connectivity index (χ2n) is 6.97. The van der Waals surface area contributed by atoms with Crippen LogP contribution in [0.1, 0.15) is 12.8 Å². The summed E-state index contributed by atoms with van der Waals surface area (Å²) in [5.74, 6) is -0.772. The summed E-state index contributed by atoms with van der Waals surface area (Å²) in [6, 6.07) is 8.62. The SMILES string of the molecule is O=S1(=O)CCCCN1CC(O)Cn1c2cc(F)ccc2c2ccc(F)cc21. The van der Waals surface area contributed by atoms with Crippen LogP contribution in [0.5, 0.6) is 0 Å².